The summed E-state index contributed by atoms with van der Waals surface area (Å²) in [5.41, 5.74) is 1.12. The standard InChI is InChI=1S/C18H20N2O3/c21-18(22)15-6-4-10-20(13-15)12-14-5-3-7-16(11-14)23-17-8-1-2-9-19-17/h1-3,5,7-9,11,15H,4,6,10,12-13H2,(H,21,22)/t15-/m1/s1. The van der Waals surface area contributed by atoms with Gasteiger partial charge in [-0.05, 0) is 43.1 Å². The van der Waals surface area contributed by atoms with E-state index in [0.29, 0.717) is 12.4 Å². The number of nitrogens with zero attached hydrogens (tertiary/aromatic N) is 2. The molecule has 1 N–H and O–H groups in total. The highest BCUT2D eigenvalue weighted by atomic mass is 16.5. The second kappa shape index (κ2) is 7.24. The van der Waals surface area contributed by atoms with Crippen LogP contribution < -0.4 is 4.74 Å². The molecule has 2 heterocycles. The van der Waals surface area contributed by atoms with Crippen LogP contribution in [-0.4, -0.2) is 34.0 Å². The molecule has 0 saturated carbocycles. The number of likely N-dealkylation sites (tertiary alicyclic amines) is 1. The molecule has 1 aliphatic rings. The lowest BCUT2D eigenvalue weighted by Gasteiger charge is -2.30. The van der Waals surface area contributed by atoms with E-state index in [1.54, 1.807) is 6.20 Å². The van der Waals surface area contributed by atoms with Crippen molar-refractivity contribution >= 4 is 5.97 Å². The third-order valence-electron chi connectivity index (χ3n) is 4.02. The number of hydrogen-bond donors (Lipinski definition) is 1. The molecule has 5 nitrogen and oxygen atoms in total. The maximum atomic E-state index is 11.2. The van der Waals surface area contributed by atoms with Gasteiger partial charge in [0.2, 0.25) is 5.88 Å². The second-order valence-corrected chi connectivity index (χ2v) is 5.83. The summed E-state index contributed by atoms with van der Waals surface area (Å²) in [5, 5.41) is 9.18. The Morgan fingerprint density at radius 3 is 3.00 bits per heavy atom. The fourth-order valence-corrected chi connectivity index (χ4v) is 2.89. The molecule has 23 heavy (non-hydrogen) atoms. The summed E-state index contributed by atoms with van der Waals surface area (Å²) in [6.07, 6.45) is 3.40. The second-order valence-electron chi connectivity index (χ2n) is 5.83. The van der Waals surface area contributed by atoms with Crippen LogP contribution in [0.1, 0.15) is 18.4 Å². The van der Waals surface area contributed by atoms with E-state index >= 15 is 0 Å². The minimum absolute atomic E-state index is 0.253. The lowest BCUT2D eigenvalue weighted by Crippen LogP contribution is -2.38. The Bertz CT molecular complexity index is 660. The SMILES string of the molecule is O=C(O)[C@@H]1CCCN(Cc2cccc(Oc3ccccn3)c2)C1. The van der Waals surface area contributed by atoms with Crippen molar-refractivity contribution in [3.8, 4) is 11.6 Å². The van der Waals surface area contributed by atoms with Crippen molar-refractivity contribution in [3.63, 3.8) is 0 Å². The van der Waals surface area contributed by atoms with Crippen molar-refractivity contribution in [1.82, 2.24) is 9.88 Å². The Morgan fingerprint density at radius 2 is 2.22 bits per heavy atom. The number of aromatic nitrogens is 1. The molecule has 3 rings (SSSR count). The summed E-state index contributed by atoms with van der Waals surface area (Å²) >= 11 is 0. The number of ether oxygens (including phenoxy) is 1. The monoisotopic (exact) mass is 312 g/mol. The van der Waals surface area contributed by atoms with Crippen LogP contribution in [0.15, 0.2) is 48.7 Å². The summed E-state index contributed by atoms with van der Waals surface area (Å²) < 4.78 is 5.74. The predicted octanol–water partition coefficient (Wildman–Crippen LogP) is 3.17. The molecule has 120 valence electrons. The molecular formula is C18H20N2O3. The summed E-state index contributed by atoms with van der Waals surface area (Å²) in [5.74, 6) is 0.361. The van der Waals surface area contributed by atoms with Crippen molar-refractivity contribution in [2.75, 3.05) is 13.1 Å². The predicted molar refractivity (Wildman–Crippen MR) is 86.4 cm³/mol. The van der Waals surface area contributed by atoms with Crippen molar-refractivity contribution < 1.29 is 14.6 Å². The Labute approximate surface area is 135 Å². The van der Waals surface area contributed by atoms with Gasteiger partial charge < -0.3 is 9.84 Å². The normalized spacial score (nSPS) is 18.5. The summed E-state index contributed by atoms with van der Waals surface area (Å²) in [6, 6.07) is 13.4. The maximum Gasteiger partial charge on any atom is 0.307 e. The summed E-state index contributed by atoms with van der Waals surface area (Å²) in [4.78, 5) is 17.5. The van der Waals surface area contributed by atoms with Gasteiger partial charge in [0.15, 0.2) is 0 Å². The van der Waals surface area contributed by atoms with Gasteiger partial charge in [0, 0.05) is 25.4 Å². The van der Waals surface area contributed by atoms with Crippen molar-refractivity contribution in [3.05, 3.63) is 54.2 Å². The van der Waals surface area contributed by atoms with Gasteiger partial charge in [0.1, 0.15) is 5.75 Å². The van der Waals surface area contributed by atoms with Gasteiger partial charge in [-0.15, -0.1) is 0 Å². The molecule has 1 atom stereocenters. The topological polar surface area (TPSA) is 62.7 Å². The minimum Gasteiger partial charge on any atom is -0.481 e. The zero-order chi connectivity index (χ0) is 16.1. The highest BCUT2D eigenvalue weighted by Gasteiger charge is 2.25. The number of carboxylic acids is 1. The molecular weight excluding hydrogens is 292 g/mol. The first-order chi connectivity index (χ1) is 11.2. The van der Waals surface area contributed by atoms with Crippen molar-refractivity contribution in [1.29, 1.82) is 0 Å². The largest absolute Gasteiger partial charge is 0.481 e. The van der Waals surface area contributed by atoms with Gasteiger partial charge >= 0.3 is 5.97 Å². The van der Waals surface area contributed by atoms with E-state index in [-0.39, 0.29) is 5.92 Å². The highest BCUT2D eigenvalue weighted by molar-refractivity contribution is 5.70. The third-order valence-corrected chi connectivity index (χ3v) is 4.02. The van der Waals surface area contributed by atoms with Gasteiger partial charge in [0.25, 0.3) is 0 Å². The third kappa shape index (κ3) is 4.29. The first-order valence-corrected chi connectivity index (χ1v) is 7.84. The Balaban J connectivity index is 1.64. The molecule has 0 amide bonds. The first-order valence-electron chi connectivity index (χ1n) is 7.84. The molecule has 1 aromatic carbocycles. The van der Waals surface area contributed by atoms with Gasteiger partial charge in [0.05, 0.1) is 5.92 Å². The van der Waals surface area contributed by atoms with Gasteiger partial charge in [-0.2, -0.15) is 0 Å². The molecule has 1 saturated heterocycles. The van der Waals surface area contributed by atoms with E-state index < -0.39 is 5.97 Å². The van der Waals surface area contributed by atoms with Crippen molar-refractivity contribution in [2.24, 2.45) is 5.92 Å². The van der Waals surface area contributed by atoms with Crippen LogP contribution in [0.5, 0.6) is 11.6 Å². The van der Waals surface area contributed by atoms with Crippen LogP contribution >= 0.6 is 0 Å². The molecule has 0 aliphatic carbocycles. The number of carbonyl (C=O) groups is 1. The fraction of sp³-hybridized carbons (Fsp3) is 0.333. The fourth-order valence-electron chi connectivity index (χ4n) is 2.89. The molecule has 0 unspecified atom stereocenters. The number of aliphatic carboxylic acids is 1. The number of piperidine rings is 1. The van der Waals surface area contributed by atoms with E-state index in [4.69, 9.17) is 4.74 Å². The highest BCUT2D eigenvalue weighted by Crippen LogP contribution is 2.23. The van der Waals surface area contributed by atoms with Gasteiger partial charge in [-0.1, -0.05) is 18.2 Å². The summed E-state index contributed by atoms with van der Waals surface area (Å²) in [7, 11) is 0. The van der Waals surface area contributed by atoms with Crippen molar-refractivity contribution in [2.45, 2.75) is 19.4 Å². The van der Waals surface area contributed by atoms with Crippen LogP contribution in [0.2, 0.25) is 0 Å². The van der Waals surface area contributed by atoms with E-state index in [1.165, 1.54) is 0 Å². The average molecular weight is 312 g/mol. The smallest absolute Gasteiger partial charge is 0.307 e. The molecule has 1 fully saturated rings. The first kappa shape index (κ1) is 15.5. The van der Waals surface area contributed by atoms with Crippen LogP contribution in [0, 0.1) is 5.92 Å². The number of pyridine rings is 1. The number of carboxylic acid groups (broad SMARTS) is 1. The van der Waals surface area contributed by atoms with Crippen LogP contribution in [-0.2, 0) is 11.3 Å². The average Bonchev–Trinajstić information content (AvgIpc) is 2.56. The molecule has 1 aromatic heterocycles. The lowest BCUT2D eigenvalue weighted by atomic mass is 9.98. The number of hydrogen-bond acceptors (Lipinski definition) is 4. The summed E-state index contributed by atoms with van der Waals surface area (Å²) in [6.45, 7) is 2.29. The molecule has 0 spiro atoms. The minimum atomic E-state index is -0.693. The quantitative estimate of drug-likeness (QED) is 0.919. The van der Waals surface area contributed by atoms with Crippen LogP contribution in [0.25, 0.3) is 0 Å². The van der Waals surface area contributed by atoms with Gasteiger partial charge in [-0.25, -0.2) is 4.98 Å². The van der Waals surface area contributed by atoms with E-state index in [0.717, 1.165) is 37.2 Å². The Hall–Kier alpha value is -2.40. The van der Waals surface area contributed by atoms with E-state index in [9.17, 15) is 9.90 Å². The van der Waals surface area contributed by atoms with E-state index in [1.807, 2.05) is 42.5 Å². The molecule has 0 radical (unpaired) electrons. The molecule has 0 bridgehead atoms. The van der Waals surface area contributed by atoms with Gasteiger partial charge in [-0.3, -0.25) is 9.69 Å². The Morgan fingerprint density at radius 1 is 1.30 bits per heavy atom. The number of rotatable bonds is 5. The zero-order valence-corrected chi connectivity index (χ0v) is 12.9. The molecule has 5 heteroatoms. The van der Waals surface area contributed by atoms with Crippen LogP contribution in [0.4, 0.5) is 0 Å². The van der Waals surface area contributed by atoms with Crippen LogP contribution in [0.3, 0.4) is 0 Å². The lowest BCUT2D eigenvalue weighted by molar-refractivity contribution is -0.143. The molecule has 1 aliphatic heterocycles. The Kier molecular flexibility index (Phi) is 4.88. The zero-order valence-electron chi connectivity index (χ0n) is 12.9. The maximum absolute atomic E-state index is 11.2. The number of benzene rings is 1. The molecule has 2 aromatic rings. The van der Waals surface area contributed by atoms with E-state index in [2.05, 4.69) is 9.88 Å².